The van der Waals surface area contributed by atoms with Crippen LogP contribution in [0, 0.1) is 0 Å². The minimum atomic E-state index is 0.246. The van der Waals surface area contributed by atoms with E-state index in [4.69, 9.17) is 14.0 Å². The molecule has 0 radical (unpaired) electrons. The summed E-state index contributed by atoms with van der Waals surface area (Å²) in [5.41, 5.74) is 3.14. The zero-order valence-electron chi connectivity index (χ0n) is 17.3. The van der Waals surface area contributed by atoms with Crippen LogP contribution in [-0.4, -0.2) is 40.6 Å². The average Bonchev–Trinajstić information content (AvgIpc) is 3.32. The Morgan fingerprint density at radius 1 is 1.10 bits per heavy atom. The van der Waals surface area contributed by atoms with E-state index < -0.39 is 0 Å². The summed E-state index contributed by atoms with van der Waals surface area (Å²) in [6, 6.07) is 8.08. The molecule has 0 aliphatic carbocycles. The van der Waals surface area contributed by atoms with Crippen molar-refractivity contribution in [3.05, 3.63) is 47.9 Å². The van der Waals surface area contributed by atoms with Gasteiger partial charge < -0.3 is 14.0 Å². The maximum Gasteiger partial charge on any atom is 0.167 e. The lowest BCUT2D eigenvalue weighted by molar-refractivity contribution is 0.184. The lowest BCUT2D eigenvalue weighted by atomic mass is 10.0. The first-order chi connectivity index (χ1) is 14.2. The molecule has 0 saturated carbocycles. The predicted octanol–water partition coefficient (Wildman–Crippen LogP) is 4.21. The number of aryl methyl sites for hydroxylation is 1. The summed E-state index contributed by atoms with van der Waals surface area (Å²) in [5.74, 6) is 2.12. The van der Waals surface area contributed by atoms with E-state index in [-0.39, 0.29) is 6.04 Å². The Hall–Kier alpha value is -2.80. The standard InChI is InChI=1S/C22H28N4O3/c1-25-14-16(13-23-25)15-26-10-6-4-5-7-19(26)18-12-21(29-24-18)17-8-9-20(27-2)22(11-17)28-3/h8-9,11-14,19H,4-7,10,15H2,1-3H3/t19-/m1/s1. The highest BCUT2D eigenvalue weighted by molar-refractivity contribution is 5.62. The van der Waals surface area contributed by atoms with Crippen molar-refractivity contribution in [2.45, 2.75) is 38.3 Å². The van der Waals surface area contributed by atoms with Gasteiger partial charge in [-0.3, -0.25) is 9.58 Å². The van der Waals surface area contributed by atoms with Crippen LogP contribution in [-0.2, 0) is 13.6 Å². The Kier molecular flexibility index (Phi) is 5.85. The lowest BCUT2D eigenvalue weighted by Gasteiger charge is -2.27. The highest BCUT2D eigenvalue weighted by atomic mass is 16.5. The van der Waals surface area contributed by atoms with Gasteiger partial charge in [0.1, 0.15) is 5.69 Å². The van der Waals surface area contributed by atoms with Gasteiger partial charge in [-0.05, 0) is 37.6 Å². The monoisotopic (exact) mass is 396 g/mol. The van der Waals surface area contributed by atoms with Crippen LogP contribution in [0.25, 0.3) is 11.3 Å². The Morgan fingerprint density at radius 2 is 1.97 bits per heavy atom. The van der Waals surface area contributed by atoms with Gasteiger partial charge in [0, 0.05) is 37.0 Å². The molecule has 1 aliphatic heterocycles. The smallest absolute Gasteiger partial charge is 0.167 e. The zero-order valence-corrected chi connectivity index (χ0v) is 17.3. The maximum atomic E-state index is 5.73. The third-order valence-electron chi connectivity index (χ3n) is 5.55. The van der Waals surface area contributed by atoms with E-state index in [9.17, 15) is 0 Å². The van der Waals surface area contributed by atoms with Gasteiger partial charge >= 0.3 is 0 Å². The van der Waals surface area contributed by atoms with Crippen molar-refractivity contribution >= 4 is 0 Å². The van der Waals surface area contributed by atoms with Crippen molar-refractivity contribution in [1.29, 1.82) is 0 Å². The number of nitrogens with zero attached hydrogens (tertiary/aromatic N) is 4. The van der Waals surface area contributed by atoms with Gasteiger partial charge in [0.2, 0.25) is 0 Å². The van der Waals surface area contributed by atoms with Crippen LogP contribution >= 0.6 is 0 Å². The number of likely N-dealkylation sites (tertiary alicyclic amines) is 1. The topological polar surface area (TPSA) is 65.5 Å². The van der Waals surface area contributed by atoms with Crippen molar-refractivity contribution in [1.82, 2.24) is 19.8 Å². The minimum Gasteiger partial charge on any atom is -0.493 e. The molecule has 3 heterocycles. The molecule has 0 spiro atoms. The molecule has 7 heteroatoms. The fourth-order valence-corrected chi connectivity index (χ4v) is 4.05. The van der Waals surface area contributed by atoms with Crippen molar-refractivity contribution in [3.63, 3.8) is 0 Å². The van der Waals surface area contributed by atoms with E-state index in [0.29, 0.717) is 11.5 Å². The zero-order chi connectivity index (χ0) is 20.2. The summed E-state index contributed by atoms with van der Waals surface area (Å²) < 4.78 is 18.3. The van der Waals surface area contributed by atoms with E-state index in [1.165, 1.54) is 24.8 Å². The van der Waals surface area contributed by atoms with Crippen LogP contribution in [0.15, 0.2) is 41.2 Å². The van der Waals surface area contributed by atoms with Gasteiger partial charge in [-0.1, -0.05) is 18.0 Å². The summed E-state index contributed by atoms with van der Waals surface area (Å²) >= 11 is 0. The molecule has 2 aromatic heterocycles. The quantitative estimate of drug-likeness (QED) is 0.622. The molecule has 1 aromatic carbocycles. The van der Waals surface area contributed by atoms with Gasteiger partial charge in [-0.2, -0.15) is 5.10 Å². The molecule has 3 aromatic rings. The van der Waals surface area contributed by atoms with E-state index in [0.717, 1.165) is 36.5 Å². The second-order valence-corrected chi connectivity index (χ2v) is 7.54. The summed E-state index contributed by atoms with van der Waals surface area (Å²) in [6.45, 7) is 1.93. The minimum absolute atomic E-state index is 0.246. The van der Waals surface area contributed by atoms with E-state index in [2.05, 4.69) is 27.4 Å². The molecule has 1 atom stereocenters. The van der Waals surface area contributed by atoms with Crippen LogP contribution in [0.2, 0.25) is 0 Å². The molecule has 29 heavy (non-hydrogen) atoms. The first-order valence-electron chi connectivity index (χ1n) is 10.1. The van der Waals surface area contributed by atoms with Crippen molar-refractivity contribution in [2.24, 2.45) is 7.05 Å². The molecule has 154 valence electrons. The summed E-state index contributed by atoms with van der Waals surface area (Å²) in [4.78, 5) is 2.50. The van der Waals surface area contributed by atoms with E-state index >= 15 is 0 Å². The van der Waals surface area contributed by atoms with Gasteiger partial charge in [-0.25, -0.2) is 0 Å². The van der Waals surface area contributed by atoms with Crippen LogP contribution in [0.1, 0.15) is 43.0 Å². The number of rotatable bonds is 6. The van der Waals surface area contributed by atoms with Gasteiger partial charge in [-0.15, -0.1) is 0 Å². The molecule has 4 rings (SSSR count). The number of hydrogen-bond donors (Lipinski definition) is 0. The lowest BCUT2D eigenvalue weighted by Crippen LogP contribution is -2.28. The van der Waals surface area contributed by atoms with E-state index in [1.807, 2.05) is 36.1 Å². The van der Waals surface area contributed by atoms with Gasteiger partial charge in [0.25, 0.3) is 0 Å². The number of aromatic nitrogens is 3. The summed E-state index contributed by atoms with van der Waals surface area (Å²) in [5, 5.41) is 8.75. The number of benzene rings is 1. The molecule has 0 N–H and O–H groups in total. The Bertz CT molecular complexity index is 949. The molecular weight excluding hydrogens is 368 g/mol. The largest absolute Gasteiger partial charge is 0.493 e. The second-order valence-electron chi connectivity index (χ2n) is 7.54. The fraction of sp³-hybridized carbons (Fsp3) is 0.455. The first-order valence-corrected chi connectivity index (χ1v) is 10.1. The molecule has 1 aliphatic rings. The molecular formula is C22H28N4O3. The molecule has 1 saturated heterocycles. The molecule has 0 bridgehead atoms. The van der Waals surface area contributed by atoms with Crippen molar-refractivity contribution < 1.29 is 14.0 Å². The van der Waals surface area contributed by atoms with E-state index in [1.54, 1.807) is 14.2 Å². The van der Waals surface area contributed by atoms with Crippen molar-refractivity contribution in [2.75, 3.05) is 20.8 Å². The fourth-order valence-electron chi connectivity index (χ4n) is 4.05. The van der Waals surface area contributed by atoms with Crippen molar-refractivity contribution in [3.8, 4) is 22.8 Å². The predicted molar refractivity (Wildman–Crippen MR) is 110 cm³/mol. The van der Waals surface area contributed by atoms with Crippen LogP contribution in [0.3, 0.4) is 0 Å². The van der Waals surface area contributed by atoms with Crippen LogP contribution in [0.5, 0.6) is 11.5 Å². The highest BCUT2D eigenvalue weighted by Gasteiger charge is 2.26. The third kappa shape index (κ3) is 4.29. The average molecular weight is 396 g/mol. The van der Waals surface area contributed by atoms with Gasteiger partial charge in [0.15, 0.2) is 17.3 Å². The molecule has 0 unspecified atom stereocenters. The number of methoxy groups -OCH3 is 2. The third-order valence-corrected chi connectivity index (χ3v) is 5.55. The summed E-state index contributed by atoms with van der Waals surface area (Å²) in [6.07, 6.45) is 8.77. The number of ether oxygens (including phenoxy) is 2. The Labute approximate surface area is 171 Å². The molecule has 7 nitrogen and oxygen atoms in total. The highest BCUT2D eigenvalue weighted by Crippen LogP contribution is 2.36. The maximum absolute atomic E-state index is 5.73. The van der Waals surface area contributed by atoms with Gasteiger partial charge in [0.05, 0.1) is 26.5 Å². The SMILES string of the molecule is COc1ccc(-c2cc([C@H]3CCCCCN3Cc3cnn(C)c3)no2)cc1OC. The van der Waals surface area contributed by atoms with Crippen LogP contribution in [0.4, 0.5) is 0 Å². The summed E-state index contributed by atoms with van der Waals surface area (Å²) in [7, 11) is 5.22. The number of hydrogen-bond acceptors (Lipinski definition) is 6. The first kappa shape index (κ1) is 19.5. The van der Waals surface area contributed by atoms with Crippen LogP contribution < -0.4 is 9.47 Å². The molecule has 0 amide bonds. The Balaban J connectivity index is 1.59. The molecule has 1 fully saturated rings. The Morgan fingerprint density at radius 3 is 2.72 bits per heavy atom. The normalized spacial score (nSPS) is 17.8. The second kappa shape index (κ2) is 8.69.